The summed E-state index contributed by atoms with van der Waals surface area (Å²) in [5.41, 5.74) is 0.451. The Morgan fingerprint density at radius 3 is 2.89 bits per heavy atom. The number of carbonyl (C=O) groups excluding carboxylic acids is 1. The number of hydrogen-bond acceptors (Lipinski definition) is 2. The van der Waals surface area contributed by atoms with Gasteiger partial charge in [-0.05, 0) is 37.0 Å². The molecule has 0 spiro atoms. The molecule has 18 heavy (non-hydrogen) atoms. The fraction of sp³-hybridized carbons (Fsp3) is 0.500. The fourth-order valence-electron chi connectivity index (χ4n) is 3.16. The summed E-state index contributed by atoms with van der Waals surface area (Å²) >= 11 is 5.70. The third kappa shape index (κ3) is 2.17. The molecule has 96 valence electrons. The van der Waals surface area contributed by atoms with Gasteiger partial charge in [0.15, 0.2) is 0 Å². The molecule has 1 aromatic carbocycles. The minimum atomic E-state index is -0.382. The van der Waals surface area contributed by atoms with Crippen LogP contribution in [0.4, 0.5) is 4.39 Å². The lowest BCUT2D eigenvalue weighted by molar-refractivity contribution is -0.122. The molecule has 2 fully saturated rings. The molecule has 3 unspecified atom stereocenters. The van der Waals surface area contributed by atoms with Crippen LogP contribution in [-0.2, 0) is 11.2 Å². The number of benzene rings is 1. The lowest BCUT2D eigenvalue weighted by atomic mass is 9.84. The van der Waals surface area contributed by atoms with Crippen LogP contribution in [0.2, 0.25) is 5.02 Å². The van der Waals surface area contributed by atoms with Crippen molar-refractivity contribution in [1.29, 1.82) is 0 Å². The molecule has 2 nitrogen and oxygen atoms in total. The summed E-state index contributed by atoms with van der Waals surface area (Å²) in [7, 11) is 0. The number of halogens is 2. The Labute approximate surface area is 111 Å². The first kappa shape index (κ1) is 12.1. The summed E-state index contributed by atoms with van der Waals surface area (Å²) in [6.45, 7) is 0. The molecule has 3 rings (SSSR count). The van der Waals surface area contributed by atoms with E-state index in [0.29, 0.717) is 22.7 Å². The highest BCUT2D eigenvalue weighted by Crippen LogP contribution is 2.34. The summed E-state index contributed by atoms with van der Waals surface area (Å²) in [5, 5.41) is 3.80. The molecule has 2 bridgehead atoms. The maximum atomic E-state index is 13.6. The van der Waals surface area contributed by atoms with Crippen molar-refractivity contribution < 1.29 is 9.18 Å². The minimum Gasteiger partial charge on any atom is -0.310 e. The Bertz CT molecular complexity index is 491. The zero-order chi connectivity index (χ0) is 12.7. The van der Waals surface area contributed by atoms with Crippen molar-refractivity contribution in [2.24, 2.45) is 5.92 Å². The lowest BCUT2D eigenvalue weighted by Crippen LogP contribution is -2.29. The zero-order valence-electron chi connectivity index (χ0n) is 9.96. The Balaban J connectivity index is 1.71. The number of hydrogen-bond donors (Lipinski definition) is 1. The standard InChI is InChI=1S/C14H15ClFNO/c15-9-2-1-8(12(16)6-9)5-14(18)11-7-10-3-4-13(11)17-10/h1-2,6,10-11,13,17H,3-5,7H2. The average Bonchev–Trinajstić information content (AvgIpc) is 2.94. The van der Waals surface area contributed by atoms with Crippen LogP contribution in [0.25, 0.3) is 0 Å². The quantitative estimate of drug-likeness (QED) is 0.912. The van der Waals surface area contributed by atoms with Crippen molar-refractivity contribution in [3.05, 3.63) is 34.6 Å². The van der Waals surface area contributed by atoms with Crippen molar-refractivity contribution in [2.75, 3.05) is 0 Å². The number of nitrogens with one attached hydrogen (secondary N) is 1. The second-order valence-electron chi connectivity index (χ2n) is 5.27. The monoisotopic (exact) mass is 267 g/mol. The van der Waals surface area contributed by atoms with Gasteiger partial charge in [-0.2, -0.15) is 0 Å². The van der Waals surface area contributed by atoms with Crippen molar-refractivity contribution >= 4 is 17.4 Å². The first-order chi connectivity index (χ1) is 8.63. The van der Waals surface area contributed by atoms with Gasteiger partial charge in [-0.25, -0.2) is 4.39 Å². The van der Waals surface area contributed by atoms with E-state index in [2.05, 4.69) is 5.32 Å². The summed E-state index contributed by atoms with van der Waals surface area (Å²) in [6.07, 6.45) is 3.34. The summed E-state index contributed by atoms with van der Waals surface area (Å²) in [5.74, 6) is -0.165. The summed E-state index contributed by atoms with van der Waals surface area (Å²) < 4.78 is 13.6. The van der Waals surface area contributed by atoms with Gasteiger partial charge in [0.2, 0.25) is 0 Å². The lowest BCUT2D eigenvalue weighted by Gasteiger charge is -2.18. The number of Topliss-reactive ketones (excluding diaryl/α,β-unsaturated/α-hetero) is 1. The molecule has 2 aliphatic rings. The molecule has 2 heterocycles. The SMILES string of the molecule is O=C(Cc1ccc(Cl)cc1F)C1CC2CCC1N2. The molecule has 1 N–H and O–H groups in total. The minimum absolute atomic E-state index is 0.0684. The van der Waals surface area contributed by atoms with E-state index < -0.39 is 0 Å². The number of rotatable bonds is 3. The van der Waals surface area contributed by atoms with Gasteiger partial charge < -0.3 is 5.32 Å². The van der Waals surface area contributed by atoms with E-state index >= 15 is 0 Å². The average molecular weight is 268 g/mol. The third-order valence-corrected chi connectivity index (χ3v) is 4.33. The molecule has 0 amide bonds. The second kappa shape index (κ2) is 4.63. The first-order valence-corrected chi connectivity index (χ1v) is 6.74. The molecular weight excluding hydrogens is 253 g/mol. The second-order valence-corrected chi connectivity index (χ2v) is 5.70. The largest absolute Gasteiger partial charge is 0.310 e. The highest BCUT2D eigenvalue weighted by atomic mass is 35.5. The molecule has 4 heteroatoms. The smallest absolute Gasteiger partial charge is 0.142 e. The predicted molar refractivity (Wildman–Crippen MR) is 68.2 cm³/mol. The Hall–Kier alpha value is -0.930. The first-order valence-electron chi connectivity index (χ1n) is 6.36. The summed E-state index contributed by atoms with van der Waals surface area (Å²) in [6, 6.07) is 5.32. The molecule has 0 aromatic heterocycles. The van der Waals surface area contributed by atoms with Crippen LogP contribution in [-0.4, -0.2) is 17.9 Å². The van der Waals surface area contributed by atoms with E-state index in [4.69, 9.17) is 11.6 Å². The van der Waals surface area contributed by atoms with Gasteiger partial charge in [-0.15, -0.1) is 0 Å². The van der Waals surface area contributed by atoms with E-state index in [1.54, 1.807) is 12.1 Å². The highest BCUT2D eigenvalue weighted by molar-refractivity contribution is 6.30. The normalized spacial score (nSPS) is 29.8. The molecule has 2 saturated heterocycles. The number of fused-ring (bicyclic) bond motifs is 2. The van der Waals surface area contributed by atoms with Crippen LogP contribution >= 0.6 is 11.6 Å². The maximum Gasteiger partial charge on any atom is 0.142 e. The van der Waals surface area contributed by atoms with Crippen LogP contribution in [0, 0.1) is 11.7 Å². The highest BCUT2D eigenvalue weighted by Gasteiger charge is 2.42. The molecule has 0 saturated carbocycles. The van der Waals surface area contributed by atoms with Crippen molar-refractivity contribution in [1.82, 2.24) is 5.32 Å². The van der Waals surface area contributed by atoms with Gasteiger partial charge in [0, 0.05) is 29.4 Å². The summed E-state index contributed by atoms with van der Waals surface area (Å²) in [4.78, 5) is 12.2. The van der Waals surface area contributed by atoms with Gasteiger partial charge in [-0.1, -0.05) is 17.7 Å². The molecule has 1 aromatic rings. The van der Waals surface area contributed by atoms with Gasteiger partial charge in [0.1, 0.15) is 11.6 Å². The Morgan fingerprint density at radius 1 is 1.44 bits per heavy atom. The van der Waals surface area contributed by atoms with Crippen LogP contribution in [0.15, 0.2) is 18.2 Å². The third-order valence-electron chi connectivity index (χ3n) is 4.09. The van der Waals surface area contributed by atoms with E-state index in [9.17, 15) is 9.18 Å². The number of carbonyl (C=O) groups is 1. The van der Waals surface area contributed by atoms with E-state index in [0.717, 1.165) is 12.8 Å². The molecular formula is C14H15ClFNO. The van der Waals surface area contributed by atoms with Crippen molar-refractivity contribution in [3.63, 3.8) is 0 Å². The molecule has 2 aliphatic heterocycles. The van der Waals surface area contributed by atoms with E-state index in [1.165, 1.54) is 12.5 Å². The van der Waals surface area contributed by atoms with Crippen molar-refractivity contribution in [3.8, 4) is 0 Å². The fourth-order valence-corrected chi connectivity index (χ4v) is 3.32. The van der Waals surface area contributed by atoms with E-state index in [1.807, 2.05) is 0 Å². The molecule has 0 radical (unpaired) electrons. The zero-order valence-corrected chi connectivity index (χ0v) is 10.7. The Morgan fingerprint density at radius 2 is 2.28 bits per heavy atom. The van der Waals surface area contributed by atoms with Gasteiger partial charge in [0.25, 0.3) is 0 Å². The number of ketones is 1. The molecule has 3 atom stereocenters. The van der Waals surface area contributed by atoms with Crippen LogP contribution < -0.4 is 5.32 Å². The van der Waals surface area contributed by atoms with Crippen LogP contribution in [0.1, 0.15) is 24.8 Å². The van der Waals surface area contributed by atoms with Gasteiger partial charge in [-0.3, -0.25) is 4.79 Å². The predicted octanol–water partition coefficient (Wildman–Crippen LogP) is 2.73. The topological polar surface area (TPSA) is 29.1 Å². The van der Waals surface area contributed by atoms with Gasteiger partial charge >= 0.3 is 0 Å². The Kier molecular flexibility index (Phi) is 3.12. The van der Waals surface area contributed by atoms with Gasteiger partial charge in [0.05, 0.1) is 0 Å². The van der Waals surface area contributed by atoms with Crippen LogP contribution in [0.3, 0.4) is 0 Å². The maximum absolute atomic E-state index is 13.6. The van der Waals surface area contributed by atoms with E-state index in [-0.39, 0.29) is 23.9 Å². The molecule has 0 aliphatic carbocycles. The van der Waals surface area contributed by atoms with Crippen LogP contribution in [0.5, 0.6) is 0 Å². The van der Waals surface area contributed by atoms with Crippen molar-refractivity contribution in [2.45, 2.75) is 37.8 Å².